The van der Waals surface area contributed by atoms with Crippen LogP contribution in [-0.4, -0.2) is 31.4 Å². The van der Waals surface area contributed by atoms with Crippen LogP contribution in [0.25, 0.3) is 0 Å². The summed E-state index contributed by atoms with van der Waals surface area (Å²) in [5, 5.41) is 8.80. The van der Waals surface area contributed by atoms with E-state index in [4.69, 9.17) is 5.11 Å². The lowest BCUT2D eigenvalue weighted by Gasteiger charge is -2.28. The maximum atomic E-state index is 11.4. The van der Waals surface area contributed by atoms with Crippen molar-refractivity contribution < 1.29 is 13.5 Å². The standard InChI is InChI=1S/C9H19NO3S/c1-4-8-14(12,13)10-9(3,5-2)6-7-11/h4,10-11H,1,5-8H2,2-3H3. The molecular formula is C9H19NO3S. The third-order valence-corrected chi connectivity index (χ3v) is 3.66. The maximum absolute atomic E-state index is 11.4. The molecule has 1 unspecified atom stereocenters. The van der Waals surface area contributed by atoms with Crippen molar-refractivity contribution in [3.05, 3.63) is 12.7 Å². The molecule has 14 heavy (non-hydrogen) atoms. The molecule has 0 amide bonds. The van der Waals surface area contributed by atoms with Crippen LogP contribution >= 0.6 is 0 Å². The summed E-state index contributed by atoms with van der Waals surface area (Å²) >= 11 is 0. The van der Waals surface area contributed by atoms with Crippen LogP contribution in [0.2, 0.25) is 0 Å². The zero-order valence-corrected chi connectivity index (χ0v) is 9.60. The van der Waals surface area contributed by atoms with Crippen LogP contribution in [0, 0.1) is 0 Å². The fourth-order valence-electron chi connectivity index (χ4n) is 1.12. The highest BCUT2D eigenvalue weighted by molar-refractivity contribution is 7.89. The van der Waals surface area contributed by atoms with Crippen LogP contribution in [0.3, 0.4) is 0 Å². The van der Waals surface area contributed by atoms with Gasteiger partial charge in [0.15, 0.2) is 0 Å². The van der Waals surface area contributed by atoms with E-state index in [9.17, 15) is 8.42 Å². The van der Waals surface area contributed by atoms with Gasteiger partial charge in [-0.15, -0.1) is 6.58 Å². The van der Waals surface area contributed by atoms with E-state index in [1.807, 2.05) is 6.92 Å². The van der Waals surface area contributed by atoms with Gasteiger partial charge < -0.3 is 5.11 Å². The zero-order valence-electron chi connectivity index (χ0n) is 8.78. The van der Waals surface area contributed by atoms with Gasteiger partial charge >= 0.3 is 0 Å². The second-order valence-corrected chi connectivity index (χ2v) is 5.33. The fourth-order valence-corrected chi connectivity index (χ4v) is 2.51. The molecule has 0 aliphatic heterocycles. The molecule has 5 heteroatoms. The zero-order chi connectivity index (χ0) is 11.2. The van der Waals surface area contributed by atoms with E-state index >= 15 is 0 Å². The molecule has 0 saturated heterocycles. The van der Waals surface area contributed by atoms with Gasteiger partial charge in [0.2, 0.25) is 10.0 Å². The van der Waals surface area contributed by atoms with Crippen molar-refractivity contribution in [2.24, 2.45) is 0 Å². The summed E-state index contributed by atoms with van der Waals surface area (Å²) in [7, 11) is -3.30. The van der Waals surface area contributed by atoms with Crippen LogP contribution in [-0.2, 0) is 10.0 Å². The Bertz CT molecular complexity index is 274. The van der Waals surface area contributed by atoms with E-state index in [1.54, 1.807) is 6.92 Å². The number of nitrogens with one attached hydrogen (secondary N) is 1. The summed E-state index contributed by atoms with van der Waals surface area (Å²) in [5.74, 6) is -0.0893. The molecule has 0 aromatic rings. The molecule has 0 aromatic carbocycles. The normalized spacial score (nSPS) is 16.2. The molecule has 0 aromatic heterocycles. The number of hydrogen-bond acceptors (Lipinski definition) is 3. The predicted octanol–water partition coefficient (Wildman–Crippen LogP) is 0.643. The van der Waals surface area contributed by atoms with Crippen molar-refractivity contribution >= 4 is 10.0 Å². The Labute approximate surface area is 86.1 Å². The first-order valence-corrected chi connectivity index (χ1v) is 6.28. The van der Waals surface area contributed by atoms with E-state index in [2.05, 4.69) is 11.3 Å². The molecule has 84 valence electrons. The number of hydrogen-bond donors (Lipinski definition) is 2. The minimum Gasteiger partial charge on any atom is -0.396 e. The Hall–Kier alpha value is -0.390. The Kier molecular flexibility index (Phi) is 5.33. The van der Waals surface area contributed by atoms with Crippen LogP contribution in [0.15, 0.2) is 12.7 Å². The number of aliphatic hydroxyl groups excluding tert-OH is 1. The van der Waals surface area contributed by atoms with Crippen molar-refractivity contribution in [2.75, 3.05) is 12.4 Å². The van der Waals surface area contributed by atoms with Gasteiger partial charge in [-0.2, -0.15) is 0 Å². The minimum atomic E-state index is -3.30. The molecule has 0 aliphatic carbocycles. The first-order chi connectivity index (χ1) is 6.39. The average molecular weight is 221 g/mol. The topological polar surface area (TPSA) is 66.4 Å². The highest BCUT2D eigenvalue weighted by Gasteiger charge is 2.26. The summed E-state index contributed by atoms with van der Waals surface area (Å²) in [4.78, 5) is 0. The van der Waals surface area contributed by atoms with Crippen molar-refractivity contribution in [3.8, 4) is 0 Å². The van der Waals surface area contributed by atoms with E-state index < -0.39 is 15.6 Å². The third-order valence-electron chi connectivity index (χ3n) is 2.18. The van der Waals surface area contributed by atoms with Gasteiger partial charge in [0.1, 0.15) is 0 Å². The average Bonchev–Trinajstić information content (AvgIpc) is 2.03. The summed E-state index contributed by atoms with van der Waals surface area (Å²) in [6.45, 7) is 7.01. The highest BCUT2D eigenvalue weighted by atomic mass is 32.2. The van der Waals surface area contributed by atoms with Crippen LogP contribution in [0.1, 0.15) is 26.7 Å². The van der Waals surface area contributed by atoms with E-state index in [0.29, 0.717) is 12.8 Å². The summed E-state index contributed by atoms with van der Waals surface area (Å²) in [6, 6.07) is 0. The molecule has 0 rings (SSSR count). The van der Waals surface area contributed by atoms with Crippen LogP contribution in [0.5, 0.6) is 0 Å². The van der Waals surface area contributed by atoms with Crippen molar-refractivity contribution in [1.82, 2.24) is 4.72 Å². The van der Waals surface area contributed by atoms with Crippen molar-refractivity contribution in [3.63, 3.8) is 0 Å². The monoisotopic (exact) mass is 221 g/mol. The quantitative estimate of drug-likeness (QED) is 0.620. The molecule has 0 radical (unpaired) electrons. The fraction of sp³-hybridized carbons (Fsp3) is 0.778. The molecule has 2 N–H and O–H groups in total. The van der Waals surface area contributed by atoms with Gasteiger partial charge in [-0.05, 0) is 19.8 Å². The Morgan fingerprint density at radius 1 is 1.57 bits per heavy atom. The van der Waals surface area contributed by atoms with E-state index in [0.717, 1.165) is 0 Å². The lowest BCUT2D eigenvalue weighted by atomic mass is 9.97. The second-order valence-electron chi connectivity index (χ2n) is 3.56. The summed E-state index contributed by atoms with van der Waals surface area (Å²) in [5.41, 5.74) is -0.559. The van der Waals surface area contributed by atoms with Gasteiger partial charge in [0, 0.05) is 12.1 Å². The summed E-state index contributed by atoms with van der Waals surface area (Å²) < 4.78 is 25.4. The van der Waals surface area contributed by atoms with Gasteiger partial charge in [0.25, 0.3) is 0 Å². The third kappa shape index (κ3) is 4.74. The largest absolute Gasteiger partial charge is 0.396 e. The molecule has 0 bridgehead atoms. The SMILES string of the molecule is C=CCS(=O)(=O)NC(C)(CC)CCO. The van der Waals surface area contributed by atoms with Gasteiger partial charge in [-0.1, -0.05) is 13.0 Å². The maximum Gasteiger partial charge on any atom is 0.215 e. The van der Waals surface area contributed by atoms with Gasteiger partial charge in [-0.25, -0.2) is 13.1 Å². The van der Waals surface area contributed by atoms with Crippen molar-refractivity contribution in [2.45, 2.75) is 32.2 Å². The van der Waals surface area contributed by atoms with E-state index in [1.165, 1.54) is 6.08 Å². The molecular weight excluding hydrogens is 202 g/mol. The first kappa shape index (κ1) is 13.6. The Balaban J connectivity index is 4.52. The molecule has 1 atom stereocenters. The molecule has 0 aliphatic rings. The highest BCUT2D eigenvalue weighted by Crippen LogP contribution is 2.15. The number of aliphatic hydroxyl groups is 1. The van der Waals surface area contributed by atoms with Gasteiger partial charge in [0.05, 0.1) is 5.75 Å². The molecule has 4 nitrogen and oxygen atoms in total. The minimum absolute atomic E-state index is 0.0268. The second kappa shape index (κ2) is 5.48. The smallest absolute Gasteiger partial charge is 0.215 e. The van der Waals surface area contributed by atoms with E-state index in [-0.39, 0.29) is 12.4 Å². The first-order valence-electron chi connectivity index (χ1n) is 4.62. The lowest BCUT2D eigenvalue weighted by Crippen LogP contribution is -2.46. The van der Waals surface area contributed by atoms with Crippen LogP contribution in [0.4, 0.5) is 0 Å². The lowest BCUT2D eigenvalue weighted by molar-refractivity contribution is 0.233. The molecule has 0 spiro atoms. The van der Waals surface area contributed by atoms with Crippen LogP contribution < -0.4 is 4.72 Å². The molecule has 0 fully saturated rings. The van der Waals surface area contributed by atoms with Crippen molar-refractivity contribution in [1.29, 1.82) is 0 Å². The summed E-state index contributed by atoms with van der Waals surface area (Å²) in [6.07, 6.45) is 2.40. The van der Waals surface area contributed by atoms with Gasteiger partial charge in [-0.3, -0.25) is 0 Å². The Morgan fingerprint density at radius 2 is 2.14 bits per heavy atom. The molecule has 0 saturated carbocycles. The predicted molar refractivity (Wildman–Crippen MR) is 57.5 cm³/mol. The molecule has 0 heterocycles. The number of sulfonamides is 1. The number of rotatable bonds is 7. The Morgan fingerprint density at radius 3 is 2.50 bits per heavy atom.